The van der Waals surface area contributed by atoms with Gasteiger partial charge in [-0.05, 0) is 20.4 Å². The van der Waals surface area contributed by atoms with Crippen molar-refractivity contribution in [3.8, 4) is 0 Å². The highest BCUT2D eigenvalue weighted by molar-refractivity contribution is 5.80. The van der Waals surface area contributed by atoms with E-state index in [9.17, 15) is 4.79 Å². The van der Waals surface area contributed by atoms with E-state index < -0.39 is 6.10 Å². The Hall–Kier alpha value is -0.650. The van der Waals surface area contributed by atoms with Crippen LogP contribution in [0.25, 0.3) is 0 Å². The van der Waals surface area contributed by atoms with Crippen LogP contribution in [0.2, 0.25) is 0 Å². The number of nitrogens with zero attached hydrogens (tertiary/aromatic N) is 1. The Bertz CT molecular complexity index is 161. The van der Waals surface area contributed by atoms with E-state index in [1.165, 1.54) is 0 Å². The Balaban J connectivity index is 4.14. The third-order valence-electron chi connectivity index (χ3n) is 1.92. The van der Waals surface area contributed by atoms with Crippen molar-refractivity contribution in [2.24, 2.45) is 5.84 Å². The first-order valence-electron chi connectivity index (χ1n) is 4.41. The van der Waals surface area contributed by atoms with Crippen molar-refractivity contribution in [2.45, 2.75) is 32.4 Å². The molecule has 2 unspecified atom stereocenters. The van der Waals surface area contributed by atoms with Crippen molar-refractivity contribution in [2.75, 3.05) is 13.6 Å². The van der Waals surface area contributed by atoms with Crippen molar-refractivity contribution in [3.63, 3.8) is 0 Å². The summed E-state index contributed by atoms with van der Waals surface area (Å²) in [4.78, 5) is 13.0. The summed E-state index contributed by atoms with van der Waals surface area (Å²) in [5.74, 6) is 4.81. The Labute approximate surface area is 78.9 Å². The molecule has 0 spiro atoms. The number of hydrogen-bond acceptors (Lipinski definition) is 4. The molecule has 0 bridgehead atoms. The van der Waals surface area contributed by atoms with Gasteiger partial charge in [-0.1, -0.05) is 6.92 Å². The minimum absolute atomic E-state index is 0.217. The molecule has 2 atom stereocenters. The number of nitrogens with two attached hydrogens (primary N) is 1. The van der Waals surface area contributed by atoms with Gasteiger partial charge in [0, 0.05) is 6.54 Å². The van der Waals surface area contributed by atoms with Crippen LogP contribution < -0.4 is 11.3 Å². The largest absolute Gasteiger partial charge is 0.392 e. The fraction of sp³-hybridized carbons (Fsp3) is 0.875. The molecule has 1 amide bonds. The number of likely N-dealkylation sites (N-methyl/N-ethyl adjacent to an activating group) is 1. The van der Waals surface area contributed by atoms with E-state index in [1.54, 1.807) is 18.9 Å². The van der Waals surface area contributed by atoms with Gasteiger partial charge in [0.15, 0.2) is 0 Å². The molecule has 0 aromatic carbocycles. The number of aliphatic hydroxyl groups excluding tert-OH is 1. The number of hydrazine groups is 1. The zero-order chi connectivity index (χ0) is 10.4. The molecule has 0 aliphatic rings. The molecular formula is C8H19N3O2. The van der Waals surface area contributed by atoms with E-state index in [2.05, 4.69) is 5.43 Å². The zero-order valence-electron chi connectivity index (χ0n) is 8.45. The summed E-state index contributed by atoms with van der Waals surface area (Å²) in [6, 6.07) is -0.264. The van der Waals surface area contributed by atoms with E-state index in [1.807, 2.05) is 6.92 Å². The average molecular weight is 189 g/mol. The summed E-state index contributed by atoms with van der Waals surface area (Å²) in [6.07, 6.45) is 0.233. The third-order valence-corrected chi connectivity index (χ3v) is 1.92. The average Bonchev–Trinajstić information content (AvgIpc) is 2.03. The van der Waals surface area contributed by atoms with Crippen LogP contribution in [-0.4, -0.2) is 41.7 Å². The van der Waals surface area contributed by atoms with Crippen LogP contribution in [0.3, 0.4) is 0 Å². The lowest BCUT2D eigenvalue weighted by Crippen LogP contribution is -2.48. The van der Waals surface area contributed by atoms with Gasteiger partial charge >= 0.3 is 0 Å². The van der Waals surface area contributed by atoms with E-state index >= 15 is 0 Å². The van der Waals surface area contributed by atoms with Gasteiger partial charge in [-0.15, -0.1) is 0 Å². The highest BCUT2D eigenvalue weighted by Crippen LogP contribution is 2.02. The molecular weight excluding hydrogens is 170 g/mol. The smallest absolute Gasteiger partial charge is 0.251 e. The van der Waals surface area contributed by atoms with Gasteiger partial charge in [0.25, 0.3) is 5.91 Å². The quantitative estimate of drug-likeness (QED) is 0.296. The summed E-state index contributed by atoms with van der Waals surface area (Å²) in [5.41, 5.74) is 2.11. The van der Waals surface area contributed by atoms with Crippen molar-refractivity contribution < 1.29 is 9.90 Å². The molecule has 0 rings (SSSR count). The standard InChI is InChI=1S/C8H19N3O2/c1-4-7(8(13)10-9)11(3)5-6(2)12/h6-7,12H,4-5,9H2,1-3H3,(H,10,13). The first kappa shape index (κ1) is 12.3. The predicted molar refractivity (Wildman–Crippen MR) is 50.7 cm³/mol. The van der Waals surface area contributed by atoms with Gasteiger partial charge < -0.3 is 5.11 Å². The molecule has 0 aliphatic carbocycles. The maximum Gasteiger partial charge on any atom is 0.251 e. The van der Waals surface area contributed by atoms with Gasteiger partial charge in [-0.25, -0.2) is 5.84 Å². The molecule has 0 aliphatic heterocycles. The summed E-state index contributed by atoms with van der Waals surface area (Å²) < 4.78 is 0. The monoisotopic (exact) mass is 189 g/mol. The third kappa shape index (κ3) is 4.21. The SMILES string of the molecule is CCC(C(=O)NN)N(C)CC(C)O. The molecule has 0 radical (unpaired) electrons. The van der Waals surface area contributed by atoms with Gasteiger partial charge in [-0.2, -0.15) is 0 Å². The van der Waals surface area contributed by atoms with Gasteiger partial charge in [-0.3, -0.25) is 15.1 Å². The van der Waals surface area contributed by atoms with Crippen LogP contribution in [0.1, 0.15) is 20.3 Å². The van der Waals surface area contributed by atoms with E-state index in [0.717, 1.165) is 0 Å². The van der Waals surface area contributed by atoms with Crippen molar-refractivity contribution >= 4 is 5.91 Å². The number of amides is 1. The molecule has 0 aromatic rings. The number of aliphatic hydroxyl groups is 1. The second kappa shape index (κ2) is 5.90. The number of hydrogen-bond donors (Lipinski definition) is 3. The lowest BCUT2D eigenvalue weighted by atomic mass is 10.2. The molecule has 0 fully saturated rings. The molecule has 4 N–H and O–H groups in total. The summed E-state index contributed by atoms with van der Waals surface area (Å²) in [7, 11) is 1.79. The molecule has 0 heterocycles. The first-order valence-corrected chi connectivity index (χ1v) is 4.41. The number of nitrogens with one attached hydrogen (secondary N) is 1. The highest BCUT2D eigenvalue weighted by Gasteiger charge is 2.20. The Morgan fingerprint density at radius 1 is 1.69 bits per heavy atom. The zero-order valence-corrected chi connectivity index (χ0v) is 8.45. The molecule has 0 saturated carbocycles. The van der Waals surface area contributed by atoms with Gasteiger partial charge in [0.05, 0.1) is 12.1 Å². The number of carbonyl (C=O) groups is 1. The maximum absolute atomic E-state index is 11.2. The van der Waals surface area contributed by atoms with Crippen LogP contribution in [0, 0.1) is 0 Å². The second-order valence-corrected chi connectivity index (χ2v) is 3.22. The fourth-order valence-corrected chi connectivity index (χ4v) is 1.34. The van der Waals surface area contributed by atoms with E-state index in [-0.39, 0.29) is 11.9 Å². The van der Waals surface area contributed by atoms with Gasteiger partial charge in [0.2, 0.25) is 0 Å². The molecule has 13 heavy (non-hydrogen) atoms. The molecule has 78 valence electrons. The molecule has 0 saturated heterocycles. The van der Waals surface area contributed by atoms with Gasteiger partial charge in [0.1, 0.15) is 0 Å². The molecule has 5 heteroatoms. The second-order valence-electron chi connectivity index (χ2n) is 3.22. The van der Waals surface area contributed by atoms with Crippen LogP contribution in [0.5, 0.6) is 0 Å². The Morgan fingerprint density at radius 2 is 2.23 bits per heavy atom. The van der Waals surface area contributed by atoms with E-state index in [0.29, 0.717) is 13.0 Å². The van der Waals surface area contributed by atoms with Crippen LogP contribution in [0.15, 0.2) is 0 Å². The van der Waals surface area contributed by atoms with Crippen LogP contribution in [-0.2, 0) is 4.79 Å². The minimum atomic E-state index is -0.440. The lowest BCUT2D eigenvalue weighted by Gasteiger charge is -2.26. The fourth-order valence-electron chi connectivity index (χ4n) is 1.34. The van der Waals surface area contributed by atoms with Crippen LogP contribution in [0.4, 0.5) is 0 Å². The highest BCUT2D eigenvalue weighted by atomic mass is 16.3. The number of rotatable bonds is 5. The lowest BCUT2D eigenvalue weighted by molar-refractivity contribution is -0.126. The van der Waals surface area contributed by atoms with Crippen molar-refractivity contribution in [1.82, 2.24) is 10.3 Å². The normalized spacial score (nSPS) is 15.5. The molecule has 5 nitrogen and oxygen atoms in total. The topological polar surface area (TPSA) is 78.6 Å². The van der Waals surface area contributed by atoms with E-state index in [4.69, 9.17) is 10.9 Å². The number of carbonyl (C=O) groups excluding carboxylic acids is 1. The Kier molecular flexibility index (Phi) is 5.61. The Morgan fingerprint density at radius 3 is 2.54 bits per heavy atom. The van der Waals surface area contributed by atoms with Crippen molar-refractivity contribution in [3.05, 3.63) is 0 Å². The molecule has 0 aromatic heterocycles. The summed E-state index contributed by atoms with van der Waals surface area (Å²) in [6.45, 7) is 4.05. The summed E-state index contributed by atoms with van der Waals surface area (Å²) >= 11 is 0. The summed E-state index contributed by atoms with van der Waals surface area (Å²) in [5, 5.41) is 9.12. The van der Waals surface area contributed by atoms with Crippen LogP contribution >= 0.6 is 0 Å². The predicted octanol–water partition coefficient (Wildman–Crippen LogP) is -0.932. The minimum Gasteiger partial charge on any atom is -0.392 e. The maximum atomic E-state index is 11.2. The first-order chi connectivity index (χ1) is 6.02. The van der Waals surface area contributed by atoms with Crippen molar-refractivity contribution in [1.29, 1.82) is 0 Å².